The molecule has 0 fully saturated rings. The van der Waals surface area contributed by atoms with Crippen LogP contribution < -0.4 is 10.3 Å². The van der Waals surface area contributed by atoms with Gasteiger partial charge < -0.3 is 4.74 Å². The molecule has 0 spiro atoms. The highest BCUT2D eigenvalue weighted by Crippen LogP contribution is 2.21. The molecule has 5 nitrogen and oxygen atoms in total. The molecule has 23 heavy (non-hydrogen) atoms. The smallest absolute Gasteiger partial charge is 0.256 e. The molecule has 0 saturated carbocycles. The number of carbonyl (C=O) groups excluding carboxylic acids is 1. The summed E-state index contributed by atoms with van der Waals surface area (Å²) in [5.41, 5.74) is 0.315. The zero-order chi connectivity index (χ0) is 16.2. The molecular formula is C18H14N2O3. The summed E-state index contributed by atoms with van der Waals surface area (Å²) in [6, 6.07) is 16.7. The normalized spacial score (nSPS) is 10.3. The second-order valence-corrected chi connectivity index (χ2v) is 4.80. The zero-order valence-electron chi connectivity index (χ0n) is 12.5. The minimum Gasteiger partial charge on any atom is -0.496 e. The van der Waals surface area contributed by atoms with Gasteiger partial charge in [0.1, 0.15) is 11.6 Å². The number of ether oxygens (including phenoxy) is 1. The van der Waals surface area contributed by atoms with E-state index in [9.17, 15) is 9.59 Å². The molecule has 2 heterocycles. The summed E-state index contributed by atoms with van der Waals surface area (Å²) >= 11 is 0. The number of para-hydroxylation sites is 1. The van der Waals surface area contributed by atoms with Crippen LogP contribution in [0.4, 0.5) is 0 Å². The summed E-state index contributed by atoms with van der Waals surface area (Å²) in [6.07, 6.45) is 1.58. The Bertz CT molecular complexity index is 901. The number of ketones is 1. The van der Waals surface area contributed by atoms with Crippen LogP contribution in [0.5, 0.6) is 5.75 Å². The van der Waals surface area contributed by atoms with Crippen molar-refractivity contribution in [3.05, 3.63) is 88.5 Å². The molecule has 0 aliphatic carbocycles. The van der Waals surface area contributed by atoms with E-state index in [1.54, 1.807) is 60.8 Å². The van der Waals surface area contributed by atoms with E-state index < -0.39 is 0 Å². The number of hydrogen-bond acceptors (Lipinski definition) is 4. The van der Waals surface area contributed by atoms with Gasteiger partial charge in [0.25, 0.3) is 5.56 Å². The van der Waals surface area contributed by atoms with Crippen LogP contribution in [-0.2, 0) is 0 Å². The van der Waals surface area contributed by atoms with E-state index in [0.717, 1.165) is 0 Å². The fourth-order valence-corrected chi connectivity index (χ4v) is 2.36. The van der Waals surface area contributed by atoms with Crippen LogP contribution in [0.25, 0.3) is 5.82 Å². The molecule has 0 aliphatic rings. The van der Waals surface area contributed by atoms with Crippen LogP contribution in [0, 0.1) is 0 Å². The third-order valence-electron chi connectivity index (χ3n) is 3.42. The first kappa shape index (κ1) is 14.7. The lowest BCUT2D eigenvalue weighted by atomic mass is 10.1. The van der Waals surface area contributed by atoms with Crippen molar-refractivity contribution >= 4 is 5.78 Å². The molecular weight excluding hydrogens is 292 g/mol. The first-order valence-electron chi connectivity index (χ1n) is 7.03. The van der Waals surface area contributed by atoms with Crippen LogP contribution in [0.15, 0.2) is 71.7 Å². The van der Waals surface area contributed by atoms with Gasteiger partial charge in [-0.15, -0.1) is 0 Å². The van der Waals surface area contributed by atoms with Crippen LogP contribution >= 0.6 is 0 Å². The number of methoxy groups -OCH3 is 1. The highest BCUT2D eigenvalue weighted by molar-refractivity contribution is 6.09. The number of rotatable bonds is 4. The molecule has 3 aromatic rings. The highest BCUT2D eigenvalue weighted by Gasteiger charge is 2.19. The second kappa shape index (κ2) is 6.27. The predicted molar refractivity (Wildman–Crippen MR) is 86.3 cm³/mol. The maximum atomic E-state index is 12.9. The Morgan fingerprint density at radius 1 is 1.00 bits per heavy atom. The van der Waals surface area contributed by atoms with Gasteiger partial charge in [0.2, 0.25) is 5.78 Å². The lowest BCUT2D eigenvalue weighted by molar-refractivity contribution is 0.102. The first-order chi connectivity index (χ1) is 11.2. The molecule has 114 valence electrons. The summed E-state index contributed by atoms with van der Waals surface area (Å²) in [7, 11) is 1.50. The molecule has 0 radical (unpaired) electrons. The molecule has 0 N–H and O–H groups in total. The summed E-state index contributed by atoms with van der Waals surface area (Å²) in [5, 5.41) is 0. The third kappa shape index (κ3) is 2.76. The molecule has 2 aromatic heterocycles. The monoisotopic (exact) mass is 306 g/mol. The maximum absolute atomic E-state index is 12.9. The lowest BCUT2D eigenvalue weighted by Crippen LogP contribution is -2.24. The first-order valence-corrected chi connectivity index (χ1v) is 7.03. The van der Waals surface area contributed by atoms with Gasteiger partial charge in [-0.1, -0.05) is 24.3 Å². The van der Waals surface area contributed by atoms with Crippen molar-refractivity contribution in [1.29, 1.82) is 0 Å². The van der Waals surface area contributed by atoms with Crippen molar-refractivity contribution in [1.82, 2.24) is 9.55 Å². The number of benzene rings is 1. The molecule has 1 aromatic carbocycles. The molecule has 0 saturated heterocycles. The number of pyridine rings is 2. The highest BCUT2D eigenvalue weighted by atomic mass is 16.5. The number of carbonyl (C=O) groups is 1. The Kier molecular flexibility index (Phi) is 4.01. The van der Waals surface area contributed by atoms with E-state index in [4.69, 9.17) is 4.74 Å². The molecule has 0 amide bonds. The molecule has 0 unspecified atom stereocenters. The Morgan fingerprint density at radius 3 is 2.52 bits per heavy atom. The van der Waals surface area contributed by atoms with Crippen molar-refractivity contribution in [2.24, 2.45) is 0 Å². The Labute approximate surface area is 132 Å². The zero-order valence-corrected chi connectivity index (χ0v) is 12.5. The summed E-state index contributed by atoms with van der Waals surface area (Å²) < 4.78 is 6.54. The van der Waals surface area contributed by atoms with E-state index in [2.05, 4.69) is 4.98 Å². The van der Waals surface area contributed by atoms with E-state index in [-0.39, 0.29) is 17.0 Å². The van der Waals surface area contributed by atoms with E-state index in [1.165, 1.54) is 17.7 Å². The van der Waals surface area contributed by atoms with E-state index >= 15 is 0 Å². The molecule has 0 bridgehead atoms. The summed E-state index contributed by atoms with van der Waals surface area (Å²) in [6.45, 7) is 0. The Balaban J connectivity index is 2.20. The van der Waals surface area contributed by atoms with Crippen molar-refractivity contribution in [3.8, 4) is 11.6 Å². The van der Waals surface area contributed by atoms with Crippen LogP contribution in [-0.4, -0.2) is 22.4 Å². The molecule has 3 rings (SSSR count). The fraction of sp³-hybridized carbons (Fsp3) is 0.0556. The quantitative estimate of drug-likeness (QED) is 0.695. The topological polar surface area (TPSA) is 61.2 Å². The third-order valence-corrected chi connectivity index (χ3v) is 3.42. The number of nitrogens with zero attached hydrogens (tertiary/aromatic N) is 2. The van der Waals surface area contributed by atoms with Gasteiger partial charge in [-0.25, -0.2) is 4.98 Å². The SMILES string of the molecule is COc1ccccc1C(=O)c1cccc(=O)n1-c1ccccn1. The largest absolute Gasteiger partial charge is 0.496 e. The Morgan fingerprint density at radius 2 is 1.78 bits per heavy atom. The minimum atomic E-state index is -0.315. The van der Waals surface area contributed by atoms with Crippen LogP contribution in [0.3, 0.4) is 0 Å². The molecule has 5 heteroatoms. The molecule has 0 aliphatic heterocycles. The van der Waals surface area contributed by atoms with Crippen LogP contribution in [0.1, 0.15) is 16.1 Å². The van der Waals surface area contributed by atoms with Gasteiger partial charge in [0, 0.05) is 12.3 Å². The van der Waals surface area contributed by atoms with E-state index in [0.29, 0.717) is 17.1 Å². The number of hydrogen-bond donors (Lipinski definition) is 0. The Hall–Kier alpha value is -3.21. The van der Waals surface area contributed by atoms with Gasteiger partial charge in [-0.2, -0.15) is 0 Å². The van der Waals surface area contributed by atoms with Gasteiger partial charge in [0.05, 0.1) is 18.4 Å². The summed E-state index contributed by atoms with van der Waals surface area (Å²) in [4.78, 5) is 29.3. The van der Waals surface area contributed by atoms with Crippen molar-refractivity contribution in [2.45, 2.75) is 0 Å². The lowest BCUT2D eigenvalue weighted by Gasteiger charge is -2.12. The maximum Gasteiger partial charge on any atom is 0.256 e. The minimum absolute atomic E-state index is 0.237. The average Bonchev–Trinajstić information content (AvgIpc) is 2.61. The standard InChI is InChI=1S/C18H14N2O3/c1-23-15-9-3-2-7-13(15)18(22)14-8-6-11-17(21)20(14)16-10-4-5-12-19-16/h2-12H,1H3. The average molecular weight is 306 g/mol. The fourth-order valence-electron chi connectivity index (χ4n) is 2.36. The van der Waals surface area contributed by atoms with Gasteiger partial charge in [0.15, 0.2) is 0 Å². The summed E-state index contributed by atoms with van der Waals surface area (Å²) in [5.74, 6) is 0.559. The van der Waals surface area contributed by atoms with Crippen molar-refractivity contribution in [2.75, 3.05) is 7.11 Å². The van der Waals surface area contributed by atoms with Crippen molar-refractivity contribution < 1.29 is 9.53 Å². The second-order valence-electron chi connectivity index (χ2n) is 4.80. The molecule has 0 atom stereocenters. The van der Waals surface area contributed by atoms with Crippen LogP contribution in [0.2, 0.25) is 0 Å². The van der Waals surface area contributed by atoms with Gasteiger partial charge in [-0.3, -0.25) is 14.2 Å². The van der Waals surface area contributed by atoms with Gasteiger partial charge >= 0.3 is 0 Å². The number of aromatic nitrogens is 2. The predicted octanol–water partition coefficient (Wildman–Crippen LogP) is 2.47. The van der Waals surface area contributed by atoms with E-state index in [1.807, 2.05) is 0 Å². The van der Waals surface area contributed by atoms with Gasteiger partial charge in [-0.05, 0) is 30.3 Å². The van der Waals surface area contributed by atoms with Crippen molar-refractivity contribution in [3.63, 3.8) is 0 Å².